The van der Waals surface area contributed by atoms with E-state index in [0.717, 1.165) is 4.31 Å². The van der Waals surface area contributed by atoms with Crippen LogP contribution in [0.2, 0.25) is 5.02 Å². The summed E-state index contributed by atoms with van der Waals surface area (Å²) in [6.07, 6.45) is 0.988. The van der Waals surface area contributed by atoms with Crippen molar-refractivity contribution in [1.82, 2.24) is 9.21 Å². The number of methoxy groups -OCH3 is 1. The summed E-state index contributed by atoms with van der Waals surface area (Å²) in [5.74, 6) is -0.534. The molecule has 0 radical (unpaired) electrons. The third-order valence-electron chi connectivity index (χ3n) is 4.68. The van der Waals surface area contributed by atoms with Gasteiger partial charge in [-0.25, -0.2) is 8.42 Å². The number of likely N-dealkylation sites (N-methyl/N-ethyl adjacent to an activating group) is 1. The molecule has 0 atom stereocenters. The highest BCUT2D eigenvalue weighted by atomic mass is 35.5. The Morgan fingerprint density at radius 1 is 1.33 bits per heavy atom. The van der Waals surface area contributed by atoms with Crippen LogP contribution in [0.3, 0.4) is 0 Å². The number of likely N-dealkylation sites (tertiary alicyclic amines) is 1. The predicted molar refractivity (Wildman–Crippen MR) is 101 cm³/mol. The van der Waals surface area contributed by atoms with Crippen molar-refractivity contribution in [3.05, 3.63) is 23.2 Å². The van der Waals surface area contributed by atoms with Crippen LogP contribution in [0.1, 0.15) is 19.8 Å². The molecule has 8 nitrogen and oxygen atoms in total. The van der Waals surface area contributed by atoms with E-state index >= 15 is 0 Å². The van der Waals surface area contributed by atoms with Gasteiger partial charge in [0.15, 0.2) is 0 Å². The molecule has 1 aromatic carbocycles. The second-order valence-electron chi connectivity index (χ2n) is 6.28. The first-order chi connectivity index (χ1) is 12.7. The van der Waals surface area contributed by atoms with Crippen molar-refractivity contribution in [2.24, 2.45) is 11.7 Å². The molecule has 1 aliphatic heterocycles. The minimum Gasteiger partial charge on any atom is -0.495 e. The summed E-state index contributed by atoms with van der Waals surface area (Å²) in [4.78, 5) is 25.3. The zero-order chi connectivity index (χ0) is 20.2. The van der Waals surface area contributed by atoms with Crippen molar-refractivity contribution in [3.8, 4) is 5.75 Å². The van der Waals surface area contributed by atoms with Gasteiger partial charge in [0, 0.05) is 25.6 Å². The fourth-order valence-electron chi connectivity index (χ4n) is 2.99. The van der Waals surface area contributed by atoms with Crippen LogP contribution in [0.4, 0.5) is 0 Å². The van der Waals surface area contributed by atoms with Gasteiger partial charge in [0.2, 0.25) is 21.8 Å². The van der Waals surface area contributed by atoms with E-state index in [4.69, 9.17) is 22.1 Å². The molecule has 10 heteroatoms. The van der Waals surface area contributed by atoms with E-state index < -0.39 is 10.0 Å². The molecule has 27 heavy (non-hydrogen) atoms. The number of hydrogen-bond donors (Lipinski definition) is 1. The third kappa shape index (κ3) is 4.91. The number of sulfonamides is 1. The molecule has 1 saturated heterocycles. The number of ether oxygens (including phenoxy) is 1. The van der Waals surface area contributed by atoms with Gasteiger partial charge in [0.05, 0.1) is 23.6 Å². The number of benzene rings is 1. The van der Waals surface area contributed by atoms with Crippen molar-refractivity contribution >= 4 is 33.4 Å². The Balaban J connectivity index is 2.10. The number of piperidine rings is 1. The second kappa shape index (κ2) is 8.90. The van der Waals surface area contributed by atoms with E-state index in [0.29, 0.717) is 31.7 Å². The van der Waals surface area contributed by atoms with E-state index in [2.05, 4.69) is 0 Å². The Kier molecular flexibility index (Phi) is 7.07. The van der Waals surface area contributed by atoms with Crippen LogP contribution < -0.4 is 10.5 Å². The van der Waals surface area contributed by atoms with Crippen LogP contribution in [0.25, 0.3) is 0 Å². The van der Waals surface area contributed by atoms with E-state index in [1.807, 2.05) is 0 Å². The number of halogens is 1. The molecule has 0 bridgehead atoms. The number of primary amides is 1. The summed E-state index contributed by atoms with van der Waals surface area (Å²) < 4.78 is 31.9. The fourth-order valence-corrected chi connectivity index (χ4v) is 4.74. The first-order valence-corrected chi connectivity index (χ1v) is 10.4. The fraction of sp³-hybridized carbons (Fsp3) is 0.529. The number of hydrogen-bond acceptors (Lipinski definition) is 5. The monoisotopic (exact) mass is 417 g/mol. The van der Waals surface area contributed by atoms with Crippen molar-refractivity contribution < 1.29 is 22.7 Å². The highest BCUT2D eigenvalue weighted by Crippen LogP contribution is 2.28. The maximum atomic E-state index is 12.9. The zero-order valence-corrected chi connectivity index (χ0v) is 16.9. The summed E-state index contributed by atoms with van der Waals surface area (Å²) in [5.41, 5.74) is 5.30. The summed E-state index contributed by atoms with van der Waals surface area (Å²) in [6.45, 7) is 2.30. The number of carbonyl (C=O) groups excluding carboxylic acids is 2. The number of nitrogens with zero attached hydrogens (tertiary/aromatic N) is 2. The van der Waals surface area contributed by atoms with E-state index in [-0.39, 0.29) is 40.7 Å². The van der Waals surface area contributed by atoms with Crippen LogP contribution in [0, 0.1) is 5.92 Å². The van der Waals surface area contributed by atoms with E-state index in [9.17, 15) is 18.0 Å². The lowest BCUT2D eigenvalue weighted by atomic mass is 9.96. The third-order valence-corrected chi connectivity index (χ3v) is 6.89. The first kappa shape index (κ1) is 21.5. The maximum Gasteiger partial charge on any atom is 0.243 e. The van der Waals surface area contributed by atoms with Crippen molar-refractivity contribution in [1.29, 1.82) is 0 Å². The van der Waals surface area contributed by atoms with Gasteiger partial charge >= 0.3 is 0 Å². The topological polar surface area (TPSA) is 110 Å². The molecule has 0 aromatic heterocycles. The summed E-state index contributed by atoms with van der Waals surface area (Å²) >= 11 is 6.03. The predicted octanol–water partition coefficient (Wildman–Crippen LogP) is 1.08. The van der Waals surface area contributed by atoms with Crippen LogP contribution in [-0.2, 0) is 19.6 Å². The minimum absolute atomic E-state index is 0.00427. The van der Waals surface area contributed by atoms with Gasteiger partial charge < -0.3 is 15.4 Å². The number of rotatable bonds is 7. The maximum absolute atomic E-state index is 12.9. The summed E-state index contributed by atoms with van der Waals surface area (Å²) in [7, 11) is -2.45. The molecule has 2 rings (SSSR count). The quantitative estimate of drug-likeness (QED) is 0.713. The lowest BCUT2D eigenvalue weighted by Crippen LogP contribution is -2.47. The van der Waals surface area contributed by atoms with Crippen molar-refractivity contribution in [2.75, 3.05) is 33.3 Å². The number of carbonyl (C=O) groups is 2. The molecule has 0 aliphatic carbocycles. The molecule has 2 N–H and O–H groups in total. The standard InChI is InChI=1S/C17H24ClN3O5S/c1-3-21(11-16(22)20-8-6-12(7-9-20)17(19)23)27(24,25)13-4-5-15(26-2)14(18)10-13/h4-5,10,12H,3,6-9,11H2,1-2H3,(H2,19,23). The Labute approximate surface area is 164 Å². The Hall–Kier alpha value is -1.84. The molecule has 1 aliphatic rings. The normalized spacial score (nSPS) is 15.8. The van der Waals surface area contributed by atoms with Gasteiger partial charge in [-0.1, -0.05) is 18.5 Å². The molecular formula is C17H24ClN3O5S. The largest absolute Gasteiger partial charge is 0.495 e. The highest BCUT2D eigenvalue weighted by molar-refractivity contribution is 7.89. The first-order valence-electron chi connectivity index (χ1n) is 8.61. The lowest BCUT2D eigenvalue weighted by Gasteiger charge is -2.32. The van der Waals surface area contributed by atoms with Gasteiger partial charge in [-0.3, -0.25) is 9.59 Å². The summed E-state index contributed by atoms with van der Waals surface area (Å²) in [6, 6.07) is 4.17. The lowest BCUT2D eigenvalue weighted by molar-refractivity contribution is -0.135. The molecule has 0 spiro atoms. The zero-order valence-electron chi connectivity index (χ0n) is 15.4. The SMILES string of the molecule is CCN(CC(=O)N1CCC(C(N)=O)CC1)S(=O)(=O)c1ccc(OC)c(Cl)c1. The van der Waals surface area contributed by atoms with Crippen LogP contribution >= 0.6 is 11.6 Å². The Morgan fingerprint density at radius 2 is 1.96 bits per heavy atom. The minimum atomic E-state index is -3.88. The van der Waals surface area contributed by atoms with Gasteiger partial charge in [-0.05, 0) is 31.0 Å². The molecule has 1 heterocycles. The Bertz CT molecular complexity index is 807. The molecule has 1 fully saturated rings. The number of amides is 2. The van der Waals surface area contributed by atoms with Gasteiger partial charge in [0.25, 0.3) is 0 Å². The van der Waals surface area contributed by atoms with E-state index in [1.54, 1.807) is 11.8 Å². The average Bonchev–Trinajstić information content (AvgIpc) is 2.65. The van der Waals surface area contributed by atoms with E-state index in [1.165, 1.54) is 25.3 Å². The van der Waals surface area contributed by atoms with Crippen molar-refractivity contribution in [2.45, 2.75) is 24.7 Å². The Morgan fingerprint density at radius 3 is 2.44 bits per heavy atom. The van der Waals surface area contributed by atoms with Crippen LogP contribution in [0.15, 0.2) is 23.1 Å². The van der Waals surface area contributed by atoms with Gasteiger partial charge in [-0.15, -0.1) is 0 Å². The molecule has 2 amide bonds. The smallest absolute Gasteiger partial charge is 0.243 e. The van der Waals surface area contributed by atoms with Crippen LogP contribution in [0.5, 0.6) is 5.75 Å². The highest BCUT2D eigenvalue weighted by Gasteiger charge is 2.30. The number of nitrogens with two attached hydrogens (primary N) is 1. The molecule has 0 saturated carbocycles. The molecule has 1 aromatic rings. The van der Waals surface area contributed by atoms with Crippen LogP contribution in [-0.4, -0.2) is 62.7 Å². The van der Waals surface area contributed by atoms with Gasteiger partial charge in [-0.2, -0.15) is 4.31 Å². The van der Waals surface area contributed by atoms with Gasteiger partial charge in [0.1, 0.15) is 5.75 Å². The average molecular weight is 418 g/mol. The second-order valence-corrected chi connectivity index (χ2v) is 8.63. The van der Waals surface area contributed by atoms with Crippen molar-refractivity contribution in [3.63, 3.8) is 0 Å². The molecule has 150 valence electrons. The summed E-state index contributed by atoms with van der Waals surface area (Å²) in [5, 5.41) is 0.175. The molecule has 0 unspecified atom stereocenters. The molecular weight excluding hydrogens is 394 g/mol.